The molecule has 1 aliphatic rings. The van der Waals surface area contributed by atoms with Gasteiger partial charge in [-0.1, -0.05) is 0 Å². The minimum Gasteiger partial charge on any atom is -0.348 e. The molecular weight excluding hydrogens is 336 g/mol. The van der Waals surface area contributed by atoms with Crippen LogP contribution < -0.4 is 10.5 Å². The summed E-state index contributed by atoms with van der Waals surface area (Å²) in [7, 11) is 0. The second-order valence-electron chi connectivity index (χ2n) is 6.35. The number of aryl methyl sites for hydroxylation is 2. The van der Waals surface area contributed by atoms with E-state index in [0.717, 1.165) is 42.5 Å². The van der Waals surface area contributed by atoms with E-state index in [9.17, 15) is 4.79 Å². The summed E-state index contributed by atoms with van der Waals surface area (Å²) in [5, 5.41) is 12.1. The van der Waals surface area contributed by atoms with Crippen molar-refractivity contribution in [1.29, 1.82) is 0 Å². The van der Waals surface area contributed by atoms with E-state index in [4.69, 9.17) is 0 Å². The zero-order valence-corrected chi connectivity index (χ0v) is 15.1. The second-order valence-corrected chi connectivity index (χ2v) is 7.22. The Morgan fingerprint density at radius 1 is 1.16 bits per heavy atom. The molecule has 4 heterocycles. The molecule has 0 amide bonds. The Labute approximate surface area is 149 Å². The molecule has 0 aromatic carbocycles. The molecule has 25 heavy (non-hydrogen) atoms. The van der Waals surface area contributed by atoms with E-state index in [-0.39, 0.29) is 11.6 Å². The topological polar surface area (TPSA) is 68.8 Å². The molecule has 7 nitrogen and oxygen atoms in total. The van der Waals surface area contributed by atoms with Gasteiger partial charge >= 0.3 is 0 Å². The highest BCUT2D eigenvalue weighted by molar-refractivity contribution is 7.13. The summed E-state index contributed by atoms with van der Waals surface area (Å²) in [6.45, 7) is 5.71. The first-order valence-electron chi connectivity index (χ1n) is 8.40. The van der Waals surface area contributed by atoms with Gasteiger partial charge in [0, 0.05) is 36.4 Å². The number of anilines is 1. The van der Waals surface area contributed by atoms with Crippen LogP contribution in [0.1, 0.15) is 30.3 Å². The molecule has 0 aliphatic carbocycles. The number of thiazole rings is 1. The lowest BCUT2D eigenvalue weighted by Gasteiger charge is -2.32. The van der Waals surface area contributed by atoms with Crippen LogP contribution in [0, 0.1) is 13.8 Å². The van der Waals surface area contributed by atoms with E-state index < -0.39 is 0 Å². The smallest absolute Gasteiger partial charge is 0.267 e. The quantitative estimate of drug-likeness (QED) is 0.720. The number of rotatable bonds is 3. The molecule has 0 bridgehead atoms. The van der Waals surface area contributed by atoms with E-state index in [1.165, 1.54) is 0 Å². The van der Waals surface area contributed by atoms with Crippen LogP contribution >= 0.6 is 11.3 Å². The third-order valence-electron chi connectivity index (χ3n) is 4.54. The van der Waals surface area contributed by atoms with Crippen LogP contribution in [0.4, 0.5) is 5.13 Å². The van der Waals surface area contributed by atoms with Gasteiger partial charge in [-0.2, -0.15) is 5.10 Å². The fourth-order valence-corrected chi connectivity index (χ4v) is 4.02. The Hall–Kier alpha value is -2.48. The molecule has 0 N–H and O–H groups in total. The standard InChI is InChI=1S/C17H20N6OS/c1-12-11-13(2)22(19-12)15-3-4-16(24)23(20-15)14-5-8-21(9-6-14)17-18-7-10-25-17/h3-4,7,10-11,14H,5-6,8-9H2,1-2H3. The number of hydrogen-bond donors (Lipinski definition) is 0. The maximum Gasteiger partial charge on any atom is 0.267 e. The molecule has 0 atom stereocenters. The number of nitrogens with zero attached hydrogens (tertiary/aromatic N) is 6. The van der Waals surface area contributed by atoms with Crippen molar-refractivity contribution in [3.8, 4) is 5.82 Å². The van der Waals surface area contributed by atoms with E-state index >= 15 is 0 Å². The molecule has 1 fully saturated rings. The summed E-state index contributed by atoms with van der Waals surface area (Å²) in [5.41, 5.74) is 1.89. The monoisotopic (exact) mass is 356 g/mol. The van der Waals surface area contributed by atoms with Gasteiger partial charge < -0.3 is 4.90 Å². The molecule has 8 heteroatoms. The van der Waals surface area contributed by atoms with Crippen molar-refractivity contribution >= 4 is 16.5 Å². The molecular formula is C17H20N6OS. The van der Waals surface area contributed by atoms with Gasteiger partial charge in [-0.05, 0) is 38.8 Å². The van der Waals surface area contributed by atoms with Crippen LogP contribution in [0.25, 0.3) is 5.82 Å². The average Bonchev–Trinajstić information content (AvgIpc) is 3.25. The Kier molecular flexibility index (Phi) is 4.12. The van der Waals surface area contributed by atoms with Gasteiger partial charge in [-0.15, -0.1) is 16.4 Å². The lowest BCUT2D eigenvalue weighted by Crippen LogP contribution is -2.38. The van der Waals surface area contributed by atoms with Crippen LogP contribution in [-0.2, 0) is 0 Å². The predicted octanol–water partition coefficient (Wildman–Crippen LogP) is 2.34. The van der Waals surface area contributed by atoms with Crippen LogP contribution in [0.15, 0.2) is 34.6 Å². The Morgan fingerprint density at radius 3 is 2.60 bits per heavy atom. The third kappa shape index (κ3) is 3.09. The van der Waals surface area contributed by atoms with Crippen LogP contribution in [-0.4, -0.2) is 37.6 Å². The summed E-state index contributed by atoms with van der Waals surface area (Å²) in [5.74, 6) is 0.688. The summed E-state index contributed by atoms with van der Waals surface area (Å²) < 4.78 is 3.42. The molecule has 3 aromatic rings. The minimum atomic E-state index is -0.0574. The fraction of sp³-hybridized carbons (Fsp3) is 0.412. The Morgan fingerprint density at radius 2 is 1.96 bits per heavy atom. The van der Waals surface area contributed by atoms with Gasteiger partial charge in [0.05, 0.1) is 11.7 Å². The van der Waals surface area contributed by atoms with Gasteiger partial charge in [0.2, 0.25) is 0 Å². The van der Waals surface area contributed by atoms with Crippen LogP contribution in [0.3, 0.4) is 0 Å². The van der Waals surface area contributed by atoms with E-state index in [2.05, 4.69) is 20.1 Å². The second kappa shape index (κ2) is 6.44. The molecule has 3 aromatic heterocycles. The number of aromatic nitrogens is 5. The first kappa shape index (κ1) is 16.0. The Bertz CT molecular complexity index is 921. The van der Waals surface area contributed by atoms with Gasteiger partial charge in [0.1, 0.15) is 0 Å². The van der Waals surface area contributed by atoms with Gasteiger partial charge in [-0.3, -0.25) is 4.79 Å². The molecule has 0 saturated carbocycles. The molecule has 4 rings (SSSR count). The van der Waals surface area contributed by atoms with E-state index in [1.807, 2.05) is 31.5 Å². The molecule has 0 radical (unpaired) electrons. The van der Waals surface area contributed by atoms with Gasteiger partial charge in [0.25, 0.3) is 5.56 Å². The first-order valence-corrected chi connectivity index (χ1v) is 9.28. The number of piperidine rings is 1. The number of hydrogen-bond acceptors (Lipinski definition) is 6. The van der Waals surface area contributed by atoms with Crippen molar-refractivity contribution in [3.63, 3.8) is 0 Å². The fourth-order valence-electron chi connectivity index (χ4n) is 3.32. The first-order chi connectivity index (χ1) is 12.1. The van der Waals surface area contributed by atoms with E-state index in [1.54, 1.807) is 32.8 Å². The van der Waals surface area contributed by atoms with Crippen molar-refractivity contribution in [3.05, 3.63) is 51.5 Å². The maximum absolute atomic E-state index is 12.3. The van der Waals surface area contributed by atoms with E-state index in [0.29, 0.717) is 5.82 Å². The van der Waals surface area contributed by atoms with Crippen LogP contribution in [0.5, 0.6) is 0 Å². The zero-order valence-electron chi connectivity index (χ0n) is 14.3. The SMILES string of the molecule is Cc1cc(C)n(-c2ccc(=O)n(C3CCN(c4nccs4)CC3)n2)n1. The Balaban J connectivity index is 1.58. The molecule has 1 aliphatic heterocycles. The highest BCUT2D eigenvalue weighted by atomic mass is 32.1. The summed E-state index contributed by atoms with van der Waals surface area (Å²) in [4.78, 5) is 19.0. The predicted molar refractivity (Wildman–Crippen MR) is 97.7 cm³/mol. The normalized spacial score (nSPS) is 15.7. The third-order valence-corrected chi connectivity index (χ3v) is 5.37. The van der Waals surface area contributed by atoms with Gasteiger partial charge in [0.15, 0.2) is 10.9 Å². The molecule has 130 valence electrons. The lowest BCUT2D eigenvalue weighted by atomic mass is 10.1. The molecule has 0 spiro atoms. The highest BCUT2D eigenvalue weighted by Gasteiger charge is 2.23. The average molecular weight is 356 g/mol. The maximum atomic E-state index is 12.3. The molecule has 0 unspecified atom stereocenters. The van der Waals surface area contributed by atoms with Gasteiger partial charge in [-0.25, -0.2) is 14.3 Å². The zero-order chi connectivity index (χ0) is 17.4. The van der Waals surface area contributed by atoms with Crippen molar-refractivity contribution in [2.75, 3.05) is 18.0 Å². The van der Waals surface area contributed by atoms with Crippen molar-refractivity contribution in [1.82, 2.24) is 24.5 Å². The van der Waals surface area contributed by atoms with Crippen molar-refractivity contribution < 1.29 is 0 Å². The lowest BCUT2D eigenvalue weighted by molar-refractivity contribution is 0.351. The summed E-state index contributed by atoms with van der Waals surface area (Å²) in [6.07, 6.45) is 3.59. The minimum absolute atomic E-state index is 0.0574. The summed E-state index contributed by atoms with van der Waals surface area (Å²) in [6, 6.07) is 5.44. The highest BCUT2D eigenvalue weighted by Crippen LogP contribution is 2.26. The molecule has 1 saturated heterocycles. The largest absolute Gasteiger partial charge is 0.348 e. The van der Waals surface area contributed by atoms with Crippen LogP contribution in [0.2, 0.25) is 0 Å². The van der Waals surface area contributed by atoms with Crippen molar-refractivity contribution in [2.45, 2.75) is 32.7 Å². The summed E-state index contributed by atoms with van der Waals surface area (Å²) >= 11 is 1.65. The van der Waals surface area contributed by atoms with Crippen molar-refractivity contribution in [2.24, 2.45) is 0 Å².